The van der Waals surface area contributed by atoms with Crippen LogP contribution in [0.4, 0.5) is 0 Å². The van der Waals surface area contributed by atoms with Gasteiger partial charge in [0.05, 0.1) is 0 Å². The van der Waals surface area contributed by atoms with Gasteiger partial charge in [0, 0.05) is 13.7 Å². The molecule has 0 unspecified atom stereocenters. The topological polar surface area (TPSA) is 9.23 Å². The van der Waals surface area contributed by atoms with Crippen LogP contribution in [0.2, 0.25) is 0 Å². The van der Waals surface area contributed by atoms with Crippen LogP contribution in [-0.4, -0.2) is 13.7 Å². The maximum atomic E-state index is 5.01. The highest BCUT2D eigenvalue weighted by molar-refractivity contribution is 5.21. The molecule has 0 N–H and O–H groups in total. The van der Waals surface area contributed by atoms with Crippen molar-refractivity contribution in [2.24, 2.45) is 0 Å². The zero-order valence-electron chi connectivity index (χ0n) is 11.3. The summed E-state index contributed by atoms with van der Waals surface area (Å²) in [5.41, 5.74) is 2.79. The molecule has 1 rings (SSSR count). The van der Waals surface area contributed by atoms with E-state index in [0.29, 0.717) is 0 Å². The maximum Gasteiger partial charge on any atom is 0.0462 e. The SMILES string of the molecule is CC.COCCCCCc1ccc(C)cc1. The molecule has 0 fully saturated rings. The van der Waals surface area contributed by atoms with Gasteiger partial charge >= 0.3 is 0 Å². The number of rotatable bonds is 6. The number of methoxy groups -OCH3 is 1. The number of ether oxygens (including phenoxy) is 1. The Kier molecular flexibility index (Phi) is 10.1. The standard InChI is InChI=1S/C13H20O.C2H6/c1-12-7-9-13(10-8-12)6-4-3-5-11-14-2;1-2/h7-10H,3-6,11H2,1-2H3;1-2H3. The minimum atomic E-state index is 0.897. The summed E-state index contributed by atoms with van der Waals surface area (Å²) in [6.07, 6.45) is 4.92. The van der Waals surface area contributed by atoms with E-state index in [1.807, 2.05) is 13.8 Å². The predicted molar refractivity (Wildman–Crippen MR) is 72.0 cm³/mol. The lowest BCUT2D eigenvalue weighted by Gasteiger charge is -2.02. The highest BCUT2D eigenvalue weighted by Crippen LogP contribution is 2.08. The zero-order chi connectivity index (χ0) is 12.2. The highest BCUT2D eigenvalue weighted by atomic mass is 16.5. The summed E-state index contributed by atoms with van der Waals surface area (Å²) in [7, 11) is 1.76. The third kappa shape index (κ3) is 7.47. The fourth-order valence-corrected chi connectivity index (χ4v) is 1.51. The quantitative estimate of drug-likeness (QED) is 0.649. The van der Waals surface area contributed by atoms with E-state index in [4.69, 9.17) is 4.74 Å². The molecule has 1 heteroatoms. The van der Waals surface area contributed by atoms with Crippen molar-refractivity contribution in [1.29, 1.82) is 0 Å². The third-order valence-electron chi connectivity index (χ3n) is 2.43. The van der Waals surface area contributed by atoms with Crippen LogP contribution in [0.3, 0.4) is 0 Å². The van der Waals surface area contributed by atoms with Gasteiger partial charge in [-0.1, -0.05) is 50.1 Å². The van der Waals surface area contributed by atoms with Crippen LogP contribution in [0.15, 0.2) is 24.3 Å². The first-order chi connectivity index (χ1) is 7.83. The van der Waals surface area contributed by atoms with Gasteiger partial charge in [0.1, 0.15) is 0 Å². The summed E-state index contributed by atoms with van der Waals surface area (Å²) in [5, 5.41) is 0. The van der Waals surface area contributed by atoms with Crippen LogP contribution < -0.4 is 0 Å². The van der Waals surface area contributed by atoms with E-state index >= 15 is 0 Å². The molecule has 1 nitrogen and oxygen atoms in total. The number of aryl methyl sites for hydroxylation is 2. The first-order valence-corrected chi connectivity index (χ1v) is 6.37. The predicted octanol–water partition coefficient (Wildman–Crippen LogP) is 4.38. The molecule has 0 saturated heterocycles. The van der Waals surface area contributed by atoms with E-state index in [-0.39, 0.29) is 0 Å². The molecule has 1 aromatic carbocycles. The van der Waals surface area contributed by atoms with Gasteiger partial charge in [-0.2, -0.15) is 0 Å². The molecule has 92 valence electrons. The van der Waals surface area contributed by atoms with Crippen molar-refractivity contribution in [2.45, 2.75) is 46.5 Å². The number of benzene rings is 1. The number of hydrogen-bond donors (Lipinski definition) is 0. The van der Waals surface area contributed by atoms with Crippen LogP contribution >= 0.6 is 0 Å². The highest BCUT2D eigenvalue weighted by Gasteiger charge is 1.93. The molecule has 16 heavy (non-hydrogen) atoms. The summed E-state index contributed by atoms with van der Waals surface area (Å²) in [5.74, 6) is 0. The van der Waals surface area contributed by atoms with Gasteiger partial charge in [-0.3, -0.25) is 0 Å². The largest absolute Gasteiger partial charge is 0.385 e. The lowest BCUT2D eigenvalue weighted by atomic mass is 10.1. The molecule has 0 bridgehead atoms. The lowest BCUT2D eigenvalue weighted by Crippen LogP contribution is -1.90. The second kappa shape index (κ2) is 10.7. The van der Waals surface area contributed by atoms with Gasteiger partial charge in [-0.15, -0.1) is 0 Å². The van der Waals surface area contributed by atoms with Gasteiger partial charge < -0.3 is 4.74 Å². The van der Waals surface area contributed by atoms with E-state index in [1.54, 1.807) is 7.11 Å². The minimum absolute atomic E-state index is 0.897. The monoisotopic (exact) mass is 222 g/mol. The fourth-order valence-electron chi connectivity index (χ4n) is 1.51. The van der Waals surface area contributed by atoms with E-state index in [1.165, 1.54) is 36.8 Å². The summed E-state index contributed by atoms with van der Waals surface area (Å²) in [6.45, 7) is 7.02. The Hall–Kier alpha value is -0.820. The molecule has 1 aromatic rings. The first-order valence-electron chi connectivity index (χ1n) is 6.37. The van der Waals surface area contributed by atoms with Crippen LogP contribution in [0.5, 0.6) is 0 Å². The normalized spacial score (nSPS) is 9.50. The van der Waals surface area contributed by atoms with Gasteiger partial charge in [0.2, 0.25) is 0 Å². The van der Waals surface area contributed by atoms with Crippen LogP contribution in [-0.2, 0) is 11.2 Å². The third-order valence-corrected chi connectivity index (χ3v) is 2.43. The molecule has 0 aliphatic rings. The van der Waals surface area contributed by atoms with E-state index in [9.17, 15) is 0 Å². The second-order valence-electron chi connectivity index (χ2n) is 3.79. The van der Waals surface area contributed by atoms with Crippen LogP contribution in [0.25, 0.3) is 0 Å². The van der Waals surface area contributed by atoms with E-state index in [2.05, 4.69) is 31.2 Å². The summed E-state index contributed by atoms with van der Waals surface area (Å²) < 4.78 is 5.01. The summed E-state index contributed by atoms with van der Waals surface area (Å²) >= 11 is 0. The van der Waals surface area contributed by atoms with Gasteiger partial charge in [-0.05, 0) is 31.7 Å². The van der Waals surface area contributed by atoms with Crippen molar-refractivity contribution in [3.8, 4) is 0 Å². The molecule has 0 radical (unpaired) electrons. The Morgan fingerprint density at radius 2 is 1.56 bits per heavy atom. The molecular formula is C15H26O. The molecule has 0 spiro atoms. The average Bonchev–Trinajstić information content (AvgIpc) is 2.34. The zero-order valence-corrected chi connectivity index (χ0v) is 11.3. The molecule has 0 aliphatic heterocycles. The molecule has 0 aliphatic carbocycles. The van der Waals surface area contributed by atoms with Crippen molar-refractivity contribution in [3.05, 3.63) is 35.4 Å². The van der Waals surface area contributed by atoms with Crippen molar-refractivity contribution in [2.75, 3.05) is 13.7 Å². The lowest BCUT2D eigenvalue weighted by molar-refractivity contribution is 0.192. The van der Waals surface area contributed by atoms with Gasteiger partial charge in [0.15, 0.2) is 0 Å². The van der Waals surface area contributed by atoms with Crippen LogP contribution in [0, 0.1) is 6.92 Å². The second-order valence-corrected chi connectivity index (χ2v) is 3.79. The van der Waals surface area contributed by atoms with Gasteiger partial charge in [-0.25, -0.2) is 0 Å². The van der Waals surface area contributed by atoms with Gasteiger partial charge in [0.25, 0.3) is 0 Å². The summed E-state index contributed by atoms with van der Waals surface area (Å²) in [6, 6.07) is 8.83. The van der Waals surface area contributed by atoms with Crippen LogP contribution in [0.1, 0.15) is 44.2 Å². The van der Waals surface area contributed by atoms with Crippen molar-refractivity contribution in [3.63, 3.8) is 0 Å². The molecule has 0 atom stereocenters. The average molecular weight is 222 g/mol. The van der Waals surface area contributed by atoms with Crippen molar-refractivity contribution < 1.29 is 4.74 Å². The minimum Gasteiger partial charge on any atom is -0.385 e. The first kappa shape index (κ1) is 15.2. The van der Waals surface area contributed by atoms with E-state index < -0.39 is 0 Å². The van der Waals surface area contributed by atoms with Crippen molar-refractivity contribution in [1.82, 2.24) is 0 Å². The number of unbranched alkanes of at least 4 members (excludes halogenated alkanes) is 2. The van der Waals surface area contributed by atoms with Crippen molar-refractivity contribution >= 4 is 0 Å². The Morgan fingerprint density at radius 3 is 2.12 bits per heavy atom. The Bertz CT molecular complexity index is 238. The summed E-state index contributed by atoms with van der Waals surface area (Å²) in [4.78, 5) is 0. The maximum absolute atomic E-state index is 5.01. The molecule has 0 saturated carbocycles. The van der Waals surface area contributed by atoms with E-state index in [0.717, 1.165) is 6.61 Å². The molecule has 0 aromatic heterocycles. The molecule has 0 heterocycles. The molecular weight excluding hydrogens is 196 g/mol. The Balaban J connectivity index is 0.00000106. The Labute approximate surface area is 101 Å². The smallest absolute Gasteiger partial charge is 0.0462 e. The number of hydrogen-bond acceptors (Lipinski definition) is 1. The fraction of sp³-hybridized carbons (Fsp3) is 0.600. The Morgan fingerprint density at radius 1 is 0.938 bits per heavy atom. The molecule has 0 amide bonds.